The highest BCUT2D eigenvalue weighted by Crippen LogP contribution is 2.59. The van der Waals surface area contributed by atoms with Crippen LogP contribution in [0.15, 0.2) is 103 Å². The van der Waals surface area contributed by atoms with Gasteiger partial charge in [0.25, 0.3) is 0 Å². The van der Waals surface area contributed by atoms with Gasteiger partial charge in [0.1, 0.15) is 0 Å². The number of carbonyl (C=O) groups excluding carboxylic acids is 3. The second-order valence-corrected chi connectivity index (χ2v) is 9.07. The number of benzene rings is 3. The summed E-state index contributed by atoms with van der Waals surface area (Å²) in [5.74, 6) is -2.41. The fraction of sp³-hybridized carbons (Fsp3) is 0.167. The van der Waals surface area contributed by atoms with Crippen molar-refractivity contribution in [1.82, 2.24) is 0 Å². The maximum Gasteiger partial charge on any atom is 0.339 e. The average molecular weight is 462 g/mol. The second kappa shape index (κ2) is 8.20. The van der Waals surface area contributed by atoms with Gasteiger partial charge in [-0.05, 0) is 34.4 Å². The number of hydrogen-bond donors (Lipinski definition) is 0. The highest BCUT2D eigenvalue weighted by molar-refractivity contribution is 6.25. The zero-order chi connectivity index (χ0) is 24.1. The number of amides is 2. The number of esters is 1. The van der Waals surface area contributed by atoms with Gasteiger partial charge in [-0.3, -0.25) is 9.59 Å². The molecule has 5 heteroatoms. The molecule has 3 aromatic rings. The molecular formula is C30H23NO4. The lowest BCUT2D eigenvalue weighted by molar-refractivity contribution is -0.122. The van der Waals surface area contributed by atoms with Crippen molar-refractivity contribution in [1.29, 1.82) is 0 Å². The fourth-order valence-corrected chi connectivity index (χ4v) is 5.99. The van der Waals surface area contributed by atoms with E-state index in [1.165, 1.54) is 12.0 Å². The van der Waals surface area contributed by atoms with E-state index >= 15 is 0 Å². The Morgan fingerprint density at radius 1 is 0.714 bits per heavy atom. The van der Waals surface area contributed by atoms with Gasteiger partial charge in [0.15, 0.2) is 0 Å². The molecule has 0 N–H and O–H groups in total. The van der Waals surface area contributed by atoms with Crippen molar-refractivity contribution in [3.63, 3.8) is 0 Å². The zero-order valence-electron chi connectivity index (χ0n) is 19.1. The number of nitrogens with zero attached hydrogens (tertiary/aromatic N) is 1. The number of hydrogen-bond acceptors (Lipinski definition) is 4. The third-order valence-electron chi connectivity index (χ3n) is 7.38. The van der Waals surface area contributed by atoms with Crippen molar-refractivity contribution in [2.75, 3.05) is 12.0 Å². The first kappa shape index (κ1) is 21.3. The predicted octanol–water partition coefficient (Wildman–Crippen LogP) is 4.90. The van der Waals surface area contributed by atoms with Crippen LogP contribution in [-0.2, 0) is 14.3 Å². The highest BCUT2D eigenvalue weighted by atomic mass is 16.5. The smallest absolute Gasteiger partial charge is 0.339 e. The van der Waals surface area contributed by atoms with Crippen LogP contribution in [0, 0.1) is 23.7 Å². The van der Waals surface area contributed by atoms with Crippen molar-refractivity contribution in [2.45, 2.75) is 0 Å². The summed E-state index contributed by atoms with van der Waals surface area (Å²) in [5, 5.41) is 0. The lowest BCUT2D eigenvalue weighted by atomic mass is 9.85. The summed E-state index contributed by atoms with van der Waals surface area (Å²) in [6, 6.07) is 26.9. The Labute approximate surface area is 203 Å². The fourth-order valence-electron chi connectivity index (χ4n) is 5.99. The standard InChI is InChI=1S/C30H23NO4/c1-35-30(34)20-14-8-9-15-23(20)31-28(32)26-21-16-17-22(27(26)29(31)33)25(21)24(18-10-4-2-5-11-18)19-12-6-3-7-13-19/h2-17,21-22,26-27H,1H3/t21-,22+,26+,27-. The molecule has 172 valence electrons. The molecule has 3 aliphatic rings. The van der Waals surface area contributed by atoms with Crippen LogP contribution in [0.25, 0.3) is 5.57 Å². The van der Waals surface area contributed by atoms with Crippen LogP contribution in [-0.4, -0.2) is 24.9 Å². The summed E-state index contributed by atoms with van der Waals surface area (Å²) < 4.78 is 4.89. The third kappa shape index (κ3) is 3.12. The van der Waals surface area contributed by atoms with E-state index in [0.717, 1.165) is 22.3 Å². The molecule has 2 bridgehead atoms. The SMILES string of the molecule is COC(=O)c1ccccc1N1C(=O)[C@@H]2[C@H](C1=O)[C@H]1C=C[C@@H]2C1=C(c1ccccc1)c1ccccc1. The van der Waals surface area contributed by atoms with Gasteiger partial charge < -0.3 is 4.74 Å². The number of para-hydroxylation sites is 1. The van der Waals surface area contributed by atoms with Crippen LogP contribution in [0.1, 0.15) is 21.5 Å². The van der Waals surface area contributed by atoms with E-state index in [9.17, 15) is 14.4 Å². The average Bonchev–Trinajstić information content (AvgIpc) is 3.54. The number of fused-ring (bicyclic) bond motifs is 5. The maximum atomic E-state index is 13.8. The summed E-state index contributed by atoms with van der Waals surface area (Å²) >= 11 is 0. The van der Waals surface area contributed by atoms with Crippen molar-refractivity contribution in [3.8, 4) is 0 Å². The van der Waals surface area contributed by atoms with Gasteiger partial charge in [-0.1, -0.05) is 84.9 Å². The molecule has 0 aromatic heterocycles. The minimum absolute atomic E-state index is 0.174. The van der Waals surface area contributed by atoms with E-state index in [1.807, 2.05) is 36.4 Å². The van der Waals surface area contributed by atoms with E-state index in [2.05, 4.69) is 36.4 Å². The molecule has 1 saturated carbocycles. The molecule has 5 nitrogen and oxygen atoms in total. The van der Waals surface area contributed by atoms with Gasteiger partial charge in [0.2, 0.25) is 11.8 Å². The van der Waals surface area contributed by atoms with Crippen LogP contribution in [0.5, 0.6) is 0 Å². The van der Waals surface area contributed by atoms with Gasteiger partial charge in [-0.25, -0.2) is 9.69 Å². The molecule has 4 atom stereocenters. The van der Waals surface area contributed by atoms with Crippen molar-refractivity contribution in [3.05, 3.63) is 119 Å². The molecule has 6 rings (SSSR count). The Bertz CT molecular complexity index is 1330. The van der Waals surface area contributed by atoms with Crippen LogP contribution < -0.4 is 4.90 Å². The zero-order valence-corrected chi connectivity index (χ0v) is 19.1. The molecule has 1 saturated heterocycles. The number of carbonyl (C=O) groups is 3. The van der Waals surface area contributed by atoms with Crippen molar-refractivity contribution in [2.24, 2.45) is 23.7 Å². The molecule has 2 fully saturated rings. The largest absolute Gasteiger partial charge is 0.465 e. The normalized spacial score (nSPS) is 24.1. The van der Waals surface area contributed by atoms with Crippen molar-refractivity contribution >= 4 is 29.0 Å². The monoisotopic (exact) mass is 461 g/mol. The summed E-state index contributed by atoms with van der Waals surface area (Å²) in [7, 11) is 1.29. The number of anilines is 1. The van der Waals surface area contributed by atoms with Crippen LogP contribution in [0.4, 0.5) is 5.69 Å². The van der Waals surface area contributed by atoms with Gasteiger partial charge in [-0.2, -0.15) is 0 Å². The molecular weight excluding hydrogens is 438 g/mol. The molecule has 2 amide bonds. The van der Waals surface area contributed by atoms with E-state index in [0.29, 0.717) is 5.69 Å². The van der Waals surface area contributed by atoms with E-state index in [1.54, 1.807) is 24.3 Å². The van der Waals surface area contributed by atoms with Crippen LogP contribution in [0.2, 0.25) is 0 Å². The predicted molar refractivity (Wildman–Crippen MR) is 132 cm³/mol. The minimum atomic E-state index is -0.574. The van der Waals surface area contributed by atoms with Gasteiger partial charge in [0, 0.05) is 11.8 Å². The lowest BCUT2D eigenvalue weighted by Gasteiger charge is -2.22. The Hall–Kier alpha value is -4.25. The third-order valence-corrected chi connectivity index (χ3v) is 7.38. The minimum Gasteiger partial charge on any atom is -0.465 e. The number of rotatable bonds is 4. The lowest BCUT2D eigenvalue weighted by Crippen LogP contribution is -2.34. The van der Waals surface area contributed by atoms with Gasteiger partial charge in [-0.15, -0.1) is 0 Å². The van der Waals surface area contributed by atoms with Crippen LogP contribution in [0.3, 0.4) is 0 Å². The summed E-state index contributed by atoms with van der Waals surface area (Å²) in [4.78, 5) is 41.1. The molecule has 0 unspecified atom stereocenters. The number of imide groups is 1. The number of allylic oxidation sites excluding steroid dienone is 3. The van der Waals surface area contributed by atoms with Gasteiger partial charge >= 0.3 is 5.97 Å². The molecule has 2 aliphatic carbocycles. The van der Waals surface area contributed by atoms with E-state index in [4.69, 9.17) is 4.74 Å². The Morgan fingerprint density at radius 3 is 1.71 bits per heavy atom. The quantitative estimate of drug-likeness (QED) is 0.315. The summed E-state index contributed by atoms with van der Waals surface area (Å²) in [5.41, 5.74) is 4.85. The first-order valence-electron chi connectivity index (χ1n) is 11.7. The molecule has 1 heterocycles. The molecule has 0 spiro atoms. The Morgan fingerprint density at radius 2 is 1.20 bits per heavy atom. The maximum absolute atomic E-state index is 13.8. The number of ether oxygens (including phenoxy) is 1. The molecule has 3 aromatic carbocycles. The highest BCUT2D eigenvalue weighted by Gasteiger charge is 2.62. The Balaban J connectivity index is 1.48. The van der Waals surface area contributed by atoms with Gasteiger partial charge in [0.05, 0.1) is 30.2 Å². The molecule has 0 radical (unpaired) electrons. The molecule has 35 heavy (non-hydrogen) atoms. The van der Waals surface area contributed by atoms with Crippen LogP contribution >= 0.6 is 0 Å². The number of methoxy groups -OCH3 is 1. The van der Waals surface area contributed by atoms with E-state index in [-0.39, 0.29) is 29.2 Å². The second-order valence-electron chi connectivity index (χ2n) is 9.07. The summed E-state index contributed by atoms with van der Waals surface area (Å²) in [6.45, 7) is 0. The topological polar surface area (TPSA) is 63.7 Å². The first-order valence-corrected chi connectivity index (χ1v) is 11.7. The van der Waals surface area contributed by atoms with E-state index < -0.39 is 17.8 Å². The van der Waals surface area contributed by atoms with Crippen molar-refractivity contribution < 1.29 is 19.1 Å². The summed E-state index contributed by atoms with van der Waals surface area (Å²) in [6.07, 6.45) is 4.15. The Kier molecular flexibility index (Phi) is 4.99. The molecule has 1 aliphatic heterocycles. The first-order chi connectivity index (χ1) is 17.1.